The van der Waals surface area contributed by atoms with Gasteiger partial charge in [0.25, 0.3) is 11.6 Å². The highest BCUT2D eigenvalue weighted by Gasteiger charge is 2.21. The van der Waals surface area contributed by atoms with Crippen LogP contribution in [0.25, 0.3) is 0 Å². The summed E-state index contributed by atoms with van der Waals surface area (Å²) in [6, 6.07) is 11.2. The van der Waals surface area contributed by atoms with E-state index >= 15 is 0 Å². The number of carbonyl (C=O) groups is 1. The molecule has 0 radical (unpaired) electrons. The van der Waals surface area contributed by atoms with Crippen molar-refractivity contribution in [3.05, 3.63) is 68.7 Å². The highest BCUT2D eigenvalue weighted by molar-refractivity contribution is 6.32. The lowest BCUT2D eigenvalue weighted by Crippen LogP contribution is -2.31. The Morgan fingerprint density at radius 3 is 2.36 bits per heavy atom. The van der Waals surface area contributed by atoms with E-state index in [9.17, 15) is 14.9 Å². The summed E-state index contributed by atoms with van der Waals surface area (Å²) in [7, 11) is 1.59. The van der Waals surface area contributed by atoms with Crippen molar-refractivity contribution in [2.75, 3.05) is 7.11 Å². The Balaban J connectivity index is 2.25. The van der Waals surface area contributed by atoms with Gasteiger partial charge in [-0.15, -0.1) is 0 Å². The third kappa shape index (κ3) is 4.48. The van der Waals surface area contributed by atoms with Gasteiger partial charge in [-0.3, -0.25) is 14.9 Å². The SMILES string of the molecule is COc1ccc([C@H](NC(=O)c2ccc(Cl)c([N+](=O)[O-])c2)C(C)C)cc1. The van der Waals surface area contributed by atoms with Crippen LogP contribution in [0.3, 0.4) is 0 Å². The van der Waals surface area contributed by atoms with Gasteiger partial charge < -0.3 is 10.1 Å². The largest absolute Gasteiger partial charge is 0.497 e. The van der Waals surface area contributed by atoms with Crippen LogP contribution in [0.5, 0.6) is 5.75 Å². The van der Waals surface area contributed by atoms with Crippen LogP contribution in [0.4, 0.5) is 5.69 Å². The summed E-state index contributed by atoms with van der Waals surface area (Å²) in [5.74, 6) is 0.458. The Bertz CT molecular complexity index is 775. The van der Waals surface area contributed by atoms with Crippen molar-refractivity contribution in [3.63, 3.8) is 0 Å². The fourth-order valence-electron chi connectivity index (χ4n) is 2.46. The summed E-state index contributed by atoms with van der Waals surface area (Å²) in [5.41, 5.74) is 0.822. The van der Waals surface area contributed by atoms with Crippen molar-refractivity contribution in [2.24, 2.45) is 5.92 Å². The van der Waals surface area contributed by atoms with Crippen LogP contribution in [0.2, 0.25) is 5.02 Å². The minimum absolute atomic E-state index is 0.00267. The fraction of sp³-hybridized carbons (Fsp3) is 0.278. The molecule has 0 spiro atoms. The fourth-order valence-corrected chi connectivity index (χ4v) is 2.65. The summed E-state index contributed by atoms with van der Waals surface area (Å²) in [4.78, 5) is 22.9. The summed E-state index contributed by atoms with van der Waals surface area (Å²) in [5, 5.41) is 13.9. The number of rotatable bonds is 6. The number of methoxy groups -OCH3 is 1. The van der Waals surface area contributed by atoms with Crippen molar-refractivity contribution in [3.8, 4) is 5.75 Å². The number of halogens is 1. The highest BCUT2D eigenvalue weighted by atomic mass is 35.5. The number of ether oxygens (including phenoxy) is 1. The second-order valence-corrected chi connectivity index (χ2v) is 6.30. The van der Waals surface area contributed by atoms with Gasteiger partial charge in [0.2, 0.25) is 0 Å². The minimum Gasteiger partial charge on any atom is -0.497 e. The van der Waals surface area contributed by atoms with E-state index in [1.165, 1.54) is 18.2 Å². The third-order valence-electron chi connectivity index (χ3n) is 3.83. The van der Waals surface area contributed by atoms with Gasteiger partial charge in [0.15, 0.2) is 0 Å². The van der Waals surface area contributed by atoms with Gasteiger partial charge in [-0.1, -0.05) is 37.6 Å². The van der Waals surface area contributed by atoms with E-state index in [2.05, 4.69) is 5.32 Å². The molecule has 2 rings (SSSR count). The maximum absolute atomic E-state index is 12.5. The number of carbonyl (C=O) groups excluding carboxylic acids is 1. The molecule has 6 nitrogen and oxygen atoms in total. The topological polar surface area (TPSA) is 81.5 Å². The number of nitrogens with one attached hydrogen (secondary N) is 1. The van der Waals surface area contributed by atoms with E-state index in [1.54, 1.807) is 7.11 Å². The van der Waals surface area contributed by atoms with E-state index < -0.39 is 10.8 Å². The van der Waals surface area contributed by atoms with Crippen molar-refractivity contribution >= 4 is 23.2 Å². The van der Waals surface area contributed by atoms with Gasteiger partial charge >= 0.3 is 0 Å². The molecule has 2 aromatic carbocycles. The zero-order valence-electron chi connectivity index (χ0n) is 14.2. The quantitative estimate of drug-likeness (QED) is 0.610. The molecule has 7 heteroatoms. The number of nitrogens with zero attached hydrogens (tertiary/aromatic N) is 1. The number of hydrogen-bond donors (Lipinski definition) is 1. The lowest BCUT2D eigenvalue weighted by Gasteiger charge is -2.23. The zero-order chi connectivity index (χ0) is 18.6. The first-order valence-electron chi connectivity index (χ1n) is 7.72. The lowest BCUT2D eigenvalue weighted by molar-refractivity contribution is -0.384. The Hall–Kier alpha value is -2.60. The molecule has 132 valence electrons. The Morgan fingerprint density at radius 2 is 1.84 bits per heavy atom. The van der Waals surface area contributed by atoms with Crippen LogP contribution in [0, 0.1) is 16.0 Å². The van der Waals surface area contributed by atoms with E-state index in [0.29, 0.717) is 0 Å². The molecule has 0 saturated carbocycles. The smallest absolute Gasteiger partial charge is 0.288 e. The molecule has 0 aromatic heterocycles. The average molecular weight is 363 g/mol. The maximum atomic E-state index is 12.5. The minimum atomic E-state index is -0.609. The molecule has 1 amide bonds. The molecule has 0 aliphatic rings. The van der Waals surface area contributed by atoms with Crippen LogP contribution < -0.4 is 10.1 Å². The van der Waals surface area contributed by atoms with Gasteiger partial charge in [0.1, 0.15) is 10.8 Å². The molecular formula is C18H19ClN2O4. The summed E-state index contributed by atoms with van der Waals surface area (Å²) >= 11 is 5.79. The van der Waals surface area contributed by atoms with Crippen molar-refractivity contribution in [2.45, 2.75) is 19.9 Å². The summed E-state index contributed by atoms with van der Waals surface area (Å²) < 4.78 is 5.14. The Morgan fingerprint density at radius 1 is 1.20 bits per heavy atom. The maximum Gasteiger partial charge on any atom is 0.288 e. The van der Waals surface area contributed by atoms with Gasteiger partial charge in [-0.2, -0.15) is 0 Å². The molecule has 1 N–H and O–H groups in total. The van der Waals surface area contributed by atoms with Crippen molar-refractivity contribution in [1.82, 2.24) is 5.32 Å². The van der Waals surface area contributed by atoms with E-state index in [4.69, 9.17) is 16.3 Å². The van der Waals surface area contributed by atoms with Gasteiger partial charge in [-0.05, 0) is 35.7 Å². The number of benzene rings is 2. The Kier molecular flexibility index (Phi) is 5.98. The summed E-state index contributed by atoms with van der Waals surface area (Å²) in [6.07, 6.45) is 0. The van der Waals surface area contributed by atoms with Gasteiger partial charge in [0.05, 0.1) is 18.1 Å². The zero-order valence-corrected chi connectivity index (χ0v) is 14.9. The van der Waals surface area contributed by atoms with Crippen LogP contribution in [-0.2, 0) is 0 Å². The highest BCUT2D eigenvalue weighted by Crippen LogP contribution is 2.27. The standard InChI is InChI=1S/C18H19ClN2O4/c1-11(2)17(12-4-7-14(25-3)8-5-12)20-18(22)13-6-9-15(19)16(10-13)21(23)24/h4-11,17H,1-3H3,(H,20,22)/t17-/m1/s1. The number of amides is 1. The molecule has 25 heavy (non-hydrogen) atoms. The van der Waals surface area contributed by atoms with Crippen molar-refractivity contribution < 1.29 is 14.5 Å². The third-order valence-corrected chi connectivity index (χ3v) is 4.15. The monoisotopic (exact) mass is 362 g/mol. The molecule has 0 unspecified atom stereocenters. The Labute approximate surface area is 150 Å². The predicted molar refractivity (Wildman–Crippen MR) is 96.1 cm³/mol. The van der Waals surface area contributed by atoms with E-state index in [1.807, 2.05) is 38.1 Å². The lowest BCUT2D eigenvalue weighted by atomic mass is 9.95. The normalized spacial score (nSPS) is 11.9. The van der Waals surface area contributed by atoms with Gasteiger partial charge in [-0.25, -0.2) is 0 Å². The molecule has 0 heterocycles. The molecule has 1 atom stereocenters. The molecule has 0 aliphatic carbocycles. The van der Waals surface area contributed by atoms with Gasteiger partial charge in [0, 0.05) is 11.6 Å². The number of nitro groups is 1. The molecular weight excluding hydrogens is 344 g/mol. The van der Waals surface area contributed by atoms with Crippen LogP contribution in [0.15, 0.2) is 42.5 Å². The van der Waals surface area contributed by atoms with Crippen LogP contribution in [0.1, 0.15) is 35.8 Å². The predicted octanol–water partition coefficient (Wildman–Crippen LogP) is 4.38. The molecule has 0 saturated heterocycles. The molecule has 0 fully saturated rings. The molecule has 0 aliphatic heterocycles. The first-order chi connectivity index (χ1) is 11.8. The van der Waals surface area contributed by atoms with E-state index in [0.717, 1.165) is 11.3 Å². The first kappa shape index (κ1) is 18.7. The number of nitro benzene ring substituents is 1. The summed E-state index contributed by atoms with van der Waals surface area (Å²) in [6.45, 7) is 3.97. The van der Waals surface area contributed by atoms with Crippen LogP contribution in [-0.4, -0.2) is 17.9 Å². The van der Waals surface area contributed by atoms with Crippen molar-refractivity contribution in [1.29, 1.82) is 0 Å². The second-order valence-electron chi connectivity index (χ2n) is 5.89. The first-order valence-corrected chi connectivity index (χ1v) is 8.10. The van der Waals surface area contributed by atoms with Crippen LogP contribution >= 0.6 is 11.6 Å². The average Bonchev–Trinajstić information content (AvgIpc) is 2.59. The second kappa shape index (κ2) is 7.98. The molecule has 0 bridgehead atoms. The van der Waals surface area contributed by atoms with E-state index in [-0.39, 0.29) is 28.2 Å². The molecule has 2 aromatic rings. The number of hydrogen-bond acceptors (Lipinski definition) is 4.